The zero-order valence-corrected chi connectivity index (χ0v) is 13.6. The minimum atomic E-state index is -0.554. The summed E-state index contributed by atoms with van der Waals surface area (Å²) in [7, 11) is 0. The highest BCUT2D eigenvalue weighted by atomic mass is 16.5. The Hall–Kier alpha value is -2.54. The average Bonchev–Trinajstić information content (AvgIpc) is 2.65. The van der Waals surface area contributed by atoms with Crippen LogP contribution in [0.4, 0.5) is 0 Å². The van der Waals surface area contributed by atoms with E-state index in [1.54, 1.807) is 29.3 Å². The van der Waals surface area contributed by atoms with Gasteiger partial charge in [-0.25, -0.2) is 4.79 Å². The van der Waals surface area contributed by atoms with Gasteiger partial charge in [0.25, 0.3) is 5.91 Å². The summed E-state index contributed by atoms with van der Waals surface area (Å²) in [4.78, 5) is 36.8. The molecule has 0 spiro atoms. The molecule has 0 aliphatic carbocycles. The smallest absolute Gasteiger partial charge is 0.340 e. The summed E-state index contributed by atoms with van der Waals surface area (Å²) in [6.07, 6.45) is 3.09. The quantitative estimate of drug-likeness (QED) is 0.778. The van der Waals surface area contributed by atoms with E-state index in [4.69, 9.17) is 4.74 Å². The number of hydrogen-bond donors (Lipinski definition) is 0. The number of esters is 1. The Morgan fingerprint density at radius 1 is 1.12 bits per heavy atom. The highest BCUT2D eigenvalue weighted by Crippen LogP contribution is 2.15. The van der Waals surface area contributed by atoms with Crippen LogP contribution in [-0.4, -0.2) is 71.0 Å². The Morgan fingerprint density at radius 2 is 1.88 bits per heavy atom. The van der Waals surface area contributed by atoms with E-state index in [9.17, 15) is 9.59 Å². The van der Waals surface area contributed by atoms with Crippen molar-refractivity contribution in [1.82, 2.24) is 19.8 Å². The van der Waals surface area contributed by atoms with Crippen LogP contribution in [-0.2, 0) is 9.53 Å². The molecular weight excluding hydrogens is 308 g/mol. The molecule has 1 aromatic carbocycles. The van der Waals surface area contributed by atoms with Crippen LogP contribution in [0.25, 0.3) is 11.0 Å². The summed E-state index contributed by atoms with van der Waals surface area (Å²) >= 11 is 0. The second-order valence-corrected chi connectivity index (χ2v) is 5.62. The number of carbonyl (C=O) groups is 2. The van der Waals surface area contributed by atoms with Crippen LogP contribution >= 0.6 is 0 Å². The Balaban J connectivity index is 1.60. The number of carbonyl (C=O) groups excluding carboxylic acids is 2. The number of piperazine rings is 1. The van der Waals surface area contributed by atoms with Gasteiger partial charge in [0.1, 0.15) is 5.52 Å². The predicted molar refractivity (Wildman–Crippen MR) is 88.5 cm³/mol. The Bertz CT molecular complexity index is 736. The third-order valence-electron chi connectivity index (χ3n) is 4.22. The van der Waals surface area contributed by atoms with Crippen LogP contribution in [0.3, 0.4) is 0 Å². The lowest BCUT2D eigenvalue weighted by molar-refractivity contribution is -0.136. The predicted octanol–water partition coefficient (Wildman–Crippen LogP) is 0.951. The van der Waals surface area contributed by atoms with Crippen molar-refractivity contribution in [3.05, 3.63) is 36.2 Å². The van der Waals surface area contributed by atoms with E-state index in [0.29, 0.717) is 29.7 Å². The summed E-state index contributed by atoms with van der Waals surface area (Å²) in [5, 5.41) is 0. The molecular formula is C17H20N4O3. The molecule has 3 rings (SSSR count). The number of aromatic nitrogens is 2. The fourth-order valence-electron chi connectivity index (χ4n) is 2.77. The van der Waals surface area contributed by atoms with Gasteiger partial charge in [0, 0.05) is 38.6 Å². The molecule has 0 radical (unpaired) electrons. The molecule has 1 amide bonds. The highest BCUT2D eigenvalue weighted by molar-refractivity contribution is 6.02. The van der Waals surface area contributed by atoms with Crippen LogP contribution in [0.2, 0.25) is 0 Å². The number of benzene rings is 1. The van der Waals surface area contributed by atoms with Crippen LogP contribution in [0.1, 0.15) is 17.3 Å². The molecule has 1 aliphatic rings. The molecule has 7 nitrogen and oxygen atoms in total. The first-order valence-electron chi connectivity index (χ1n) is 8.06. The van der Waals surface area contributed by atoms with E-state index < -0.39 is 5.97 Å². The second-order valence-electron chi connectivity index (χ2n) is 5.62. The molecule has 0 N–H and O–H groups in total. The summed E-state index contributed by atoms with van der Waals surface area (Å²) in [5.74, 6) is -0.716. The van der Waals surface area contributed by atoms with Gasteiger partial charge in [-0.2, -0.15) is 0 Å². The minimum Gasteiger partial charge on any atom is -0.452 e. The highest BCUT2D eigenvalue weighted by Gasteiger charge is 2.22. The Morgan fingerprint density at radius 3 is 2.62 bits per heavy atom. The molecule has 1 aliphatic heterocycles. The average molecular weight is 328 g/mol. The lowest BCUT2D eigenvalue weighted by Crippen LogP contribution is -2.49. The monoisotopic (exact) mass is 328 g/mol. The van der Waals surface area contributed by atoms with E-state index in [1.165, 1.54) is 6.20 Å². The first-order chi connectivity index (χ1) is 11.7. The van der Waals surface area contributed by atoms with Gasteiger partial charge in [0.2, 0.25) is 0 Å². The third-order valence-corrected chi connectivity index (χ3v) is 4.22. The first-order valence-corrected chi connectivity index (χ1v) is 8.06. The summed E-state index contributed by atoms with van der Waals surface area (Å²) in [6.45, 7) is 5.89. The maximum atomic E-state index is 12.3. The van der Waals surface area contributed by atoms with Gasteiger partial charge in [0.05, 0.1) is 11.1 Å². The van der Waals surface area contributed by atoms with Crippen molar-refractivity contribution < 1.29 is 14.3 Å². The van der Waals surface area contributed by atoms with Crippen LogP contribution < -0.4 is 0 Å². The summed E-state index contributed by atoms with van der Waals surface area (Å²) < 4.78 is 5.19. The van der Waals surface area contributed by atoms with Crippen molar-refractivity contribution in [2.24, 2.45) is 0 Å². The van der Waals surface area contributed by atoms with Crippen LogP contribution in [0, 0.1) is 0 Å². The van der Waals surface area contributed by atoms with Gasteiger partial charge >= 0.3 is 5.97 Å². The SMILES string of the molecule is CCN1CCN(C(=O)COC(=O)c2cccc3nccnc23)CC1. The van der Waals surface area contributed by atoms with Gasteiger partial charge in [-0.1, -0.05) is 13.0 Å². The van der Waals surface area contributed by atoms with Gasteiger partial charge in [0.15, 0.2) is 6.61 Å². The molecule has 0 atom stereocenters. The number of fused-ring (bicyclic) bond motifs is 1. The number of nitrogens with zero attached hydrogens (tertiary/aromatic N) is 4. The number of hydrogen-bond acceptors (Lipinski definition) is 6. The molecule has 7 heteroatoms. The fourth-order valence-corrected chi connectivity index (χ4v) is 2.77. The number of para-hydroxylation sites is 1. The molecule has 2 aromatic rings. The molecule has 2 heterocycles. The van der Waals surface area contributed by atoms with Crippen LogP contribution in [0.5, 0.6) is 0 Å². The first kappa shape index (κ1) is 16.3. The second kappa shape index (κ2) is 7.35. The summed E-state index contributed by atoms with van der Waals surface area (Å²) in [6, 6.07) is 5.13. The number of rotatable bonds is 4. The van der Waals surface area contributed by atoms with E-state index >= 15 is 0 Å². The molecule has 0 bridgehead atoms. The fraction of sp³-hybridized carbons (Fsp3) is 0.412. The maximum absolute atomic E-state index is 12.3. The van der Waals surface area contributed by atoms with Crippen molar-refractivity contribution >= 4 is 22.9 Å². The number of likely N-dealkylation sites (N-methyl/N-ethyl adjacent to an activating group) is 1. The zero-order chi connectivity index (χ0) is 16.9. The summed E-state index contributed by atoms with van der Waals surface area (Å²) in [5.41, 5.74) is 1.42. The van der Waals surface area contributed by atoms with Gasteiger partial charge in [-0.05, 0) is 18.7 Å². The number of ether oxygens (including phenoxy) is 1. The minimum absolute atomic E-state index is 0.162. The van der Waals surface area contributed by atoms with E-state index in [1.807, 2.05) is 0 Å². The normalized spacial score (nSPS) is 15.5. The molecule has 1 fully saturated rings. The van der Waals surface area contributed by atoms with Gasteiger partial charge in [-0.15, -0.1) is 0 Å². The largest absolute Gasteiger partial charge is 0.452 e. The lowest BCUT2D eigenvalue weighted by Gasteiger charge is -2.33. The lowest BCUT2D eigenvalue weighted by atomic mass is 10.2. The van der Waals surface area contributed by atoms with Crippen molar-refractivity contribution in [2.45, 2.75) is 6.92 Å². The molecule has 0 unspecified atom stereocenters. The Kier molecular flexibility index (Phi) is 5.00. The molecule has 1 aromatic heterocycles. The van der Waals surface area contributed by atoms with Gasteiger partial charge < -0.3 is 14.5 Å². The zero-order valence-electron chi connectivity index (χ0n) is 13.6. The Labute approximate surface area is 140 Å². The third kappa shape index (κ3) is 3.51. The van der Waals surface area contributed by atoms with Crippen molar-refractivity contribution in [1.29, 1.82) is 0 Å². The van der Waals surface area contributed by atoms with Crippen LogP contribution in [0.15, 0.2) is 30.6 Å². The molecule has 24 heavy (non-hydrogen) atoms. The number of amides is 1. The van der Waals surface area contributed by atoms with Crippen molar-refractivity contribution in [2.75, 3.05) is 39.3 Å². The maximum Gasteiger partial charge on any atom is 0.340 e. The topological polar surface area (TPSA) is 75.6 Å². The molecule has 126 valence electrons. The van der Waals surface area contributed by atoms with E-state index in [-0.39, 0.29) is 12.5 Å². The molecule has 0 saturated carbocycles. The van der Waals surface area contributed by atoms with Crippen molar-refractivity contribution in [3.8, 4) is 0 Å². The standard InChI is InChI=1S/C17H20N4O3/c1-2-20-8-10-21(11-9-20)15(22)12-24-17(23)13-4-3-5-14-16(13)19-7-6-18-14/h3-7H,2,8-12H2,1H3. The van der Waals surface area contributed by atoms with E-state index in [2.05, 4.69) is 21.8 Å². The van der Waals surface area contributed by atoms with Crippen molar-refractivity contribution in [3.63, 3.8) is 0 Å². The molecule has 1 saturated heterocycles. The van der Waals surface area contributed by atoms with E-state index in [0.717, 1.165) is 19.6 Å². The van der Waals surface area contributed by atoms with Gasteiger partial charge in [-0.3, -0.25) is 14.8 Å².